The van der Waals surface area contributed by atoms with Gasteiger partial charge in [0, 0.05) is 44.2 Å². The molecule has 1 atom stereocenters. The molecule has 0 bridgehead atoms. The molecule has 0 aliphatic carbocycles. The number of allylic oxidation sites excluding steroid dienone is 1. The van der Waals surface area contributed by atoms with Gasteiger partial charge >= 0.3 is 0 Å². The second kappa shape index (κ2) is 18.9. The fourth-order valence-corrected chi connectivity index (χ4v) is 5.22. The van der Waals surface area contributed by atoms with Gasteiger partial charge in [-0.15, -0.1) is 12.8 Å². The first-order valence-corrected chi connectivity index (χ1v) is 14.8. The van der Waals surface area contributed by atoms with Gasteiger partial charge in [-0.2, -0.15) is 0 Å². The summed E-state index contributed by atoms with van der Waals surface area (Å²) < 4.78 is 23.2. The van der Waals surface area contributed by atoms with Crippen LogP contribution in [0.5, 0.6) is 0 Å². The van der Waals surface area contributed by atoms with Crippen LogP contribution >= 0.6 is 11.8 Å². The highest BCUT2D eigenvalue weighted by Gasteiger charge is 2.21. The van der Waals surface area contributed by atoms with Crippen LogP contribution in [0.25, 0.3) is 0 Å². The van der Waals surface area contributed by atoms with Gasteiger partial charge in [-0.05, 0) is 42.9 Å². The summed E-state index contributed by atoms with van der Waals surface area (Å²) in [6.45, 7) is 15.8. The zero-order valence-electron chi connectivity index (χ0n) is 21.9. The van der Waals surface area contributed by atoms with Gasteiger partial charge < -0.3 is 5.32 Å². The van der Waals surface area contributed by atoms with Crippen LogP contribution in [0.3, 0.4) is 0 Å². The second-order valence-corrected chi connectivity index (χ2v) is 10.9. The van der Waals surface area contributed by atoms with Crippen LogP contribution in [0, 0.1) is 12.8 Å². The number of anilines is 1. The average molecular weight is 519 g/mol. The molecule has 6 nitrogen and oxygen atoms in total. The number of aliphatic imine (C=N–C) groups is 2. The van der Waals surface area contributed by atoms with Crippen molar-refractivity contribution >= 4 is 38.7 Å². The maximum Gasteiger partial charge on any atom is 0.161 e. The number of sulfone groups is 1. The molecule has 1 aliphatic rings. The number of terminal acetylenes is 1. The third kappa shape index (κ3) is 13.4. The van der Waals surface area contributed by atoms with Crippen molar-refractivity contribution in [2.75, 3.05) is 35.7 Å². The van der Waals surface area contributed by atoms with Crippen LogP contribution in [0.15, 0.2) is 58.7 Å². The molecule has 0 spiro atoms. The van der Waals surface area contributed by atoms with Crippen LogP contribution in [0.2, 0.25) is 0 Å². The molecule has 1 aliphatic heterocycles. The summed E-state index contributed by atoms with van der Waals surface area (Å²) in [7, 11) is -2.84. The van der Waals surface area contributed by atoms with E-state index in [-0.39, 0.29) is 17.5 Å². The van der Waals surface area contributed by atoms with E-state index in [0.29, 0.717) is 13.1 Å². The minimum absolute atomic E-state index is 0.0532. The van der Waals surface area contributed by atoms with Crippen LogP contribution < -0.4 is 5.32 Å². The van der Waals surface area contributed by atoms with Crippen LogP contribution in [-0.4, -0.2) is 61.1 Å². The molecule has 35 heavy (non-hydrogen) atoms. The molecule has 1 aromatic rings. The molecule has 0 saturated carbocycles. The predicted octanol–water partition coefficient (Wildman–Crippen LogP) is 5.65. The molecule has 1 N–H and O–H groups in total. The van der Waals surface area contributed by atoms with E-state index in [9.17, 15) is 8.42 Å². The summed E-state index contributed by atoms with van der Waals surface area (Å²) in [5.41, 5.74) is 3.38. The van der Waals surface area contributed by atoms with Gasteiger partial charge in [-0.1, -0.05) is 57.3 Å². The largest absolute Gasteiger partial charge is 0.335 e. The monoisotopic (exact) mass is 518 g/mol. The Hall–Kier alpha value is -2.34. The quantitative estimate of drug-likeness (QED) is 0.198. The Morgan fingerprint density at radius 3 is 2.34 bits per heavy atom. The maximum absolute atomic E-state index is 11.6. The number of hydrogen-bond acceptors (Lipinski definition) is 6. The zero-order valence-corrected chi connectivity index (χ0v) is 23.5. The predicted molar refractivity (Wildman–Crippen MR) is 157 cm³/mol. The molecular formula is C27H42N4O2S2. The van der Waals surface area contributed by atoms with Crippen LogP contribution in [-0.2, 0) is 16.4 Å². The van der Waals surface area contributed by atoms with Gasteiger partial charge in [0.1, 0.15) is 0 Å². The highest BCUT2D eigenvalue weighted by molar-refractivity contribution is 8.14. The number of hydrogen-bond donors (Lipinski definition) is 1. The van der Waals surface area contributed by atoms with Crippen LogP contribution in [0.4, 0.5) is 5.69 Å². The number of nitrogens with zero attached hydrogens (tertiary/aromatic N) is 3. The molecule has 1 unspecified atom stereocenters. The lowest BCUT2D eigenvalue weighted by Gasteiger charge is -2.26. The van der Waals surface area contributed by atoms with E-state index in [0.717, 1.165) is 29.6 Å². The van der Waals surface area contributed by atoms with Gasteiger partial charge in [0.2, 0.25) is 0 Å². The molecule has 194 valence electrons. The Bertz CT molecular complexity index is 935. The maximum atomic E-state index is 11.6. The SMILES string of the molecule is C#C.C=CN=CC/C(=C\C)C(C)N=C(Nc1ccc(CN2CCS(=O)(=O)CC2)cc1)SCC.CC. The molecule has 0 amide bonds. The summed E-state index contributed by atoms with van der Waals surface area (Å²) in [5, 5.41) is 4.33. The van der Waals surface area contributed by atoms with Gasteiger partial charge in [-0.25, -0.2) is 8.42 Å². The summed E-state index contributed by atoms with van der Waals surface area (Å²) >= 11 is 1.69. The minimum atomic E-state index is -2.84. The highest BCUT2D eigenvalue weighted by atomic mass is 32.2. The van der Waals surface area contributed by atoms with Gasteiger partial charge in [0.15, 0.2) is 15.0 Å². The van der Waals surface area contributed by atoms with E-state index in [1.165, 1.54) is 17.3 Å². The van der Waals surface area contributed by atoms with Gasteiger partial charge in [-0.3, -0.25) is 14.9 Å². The average Bonchev–Trinajstić information content (AvgIpc) is 2.87. The lowest BCUT2D eigenvalue weighted by molar-refractivity contribution is 0.287. The van der Waals surface area contributed by atoms with Crippen molar-refractivity contribution in [2.45, 2.75) is 53.6 Å². The topological polar surface area (TPSA) is 74.1 Å². The summed E-state index contributed by atoms with van der Waals surface area (Å²) in [6.07, 6.45) is 14.2. The first-order chi connectivity index (χ1) is 16.9. The summed E-state index contributed by atoms with van der Waals surface area (Å²) in [4.78, 5) is 11.2. The van der Waals surface area contributed by atoms with E-state index in [2.05, 4.69) is 78.8 Å². The molecule has 1 fully saturated rings. The fourth-order valence-electron chi connectivity index (χ4n) is 3.25. The Kier molecular flexibility index (Phi) is 17.7. The van der Waals surface area contributed by atoms with Crippen LogP contribution in [0.1, 0.15) is 46.6 Å². The third-order valence-electron chi connectivity index (χ3n) is 5.09. The lowest BCUT2D eigenvalue weighted by atomic mass is 10.1. The first-order valence-electron chi connectivity index (χ1n) is 12.0. The van der Waals surface area contributed by atoms with Crippen molar-refractivity contribution in [1.82, 2.24) is 4.90 Å². The molecule has 0 aromatic heterocycles. The zero-order chi connectivity index (χ0) is 26.7. The van der Waals surface area contributed by atoms with Gasteiger partial charge in [0.25, 0.3) is 0 Å². The Morgan fingerprint density at radius 1 is 1.23 bits per heavy atom. The van der Waals surface area contributed by atoms with E-state index in [4.69, 9.17) is 4.99 Å². The van der Waals surface area contributed by atoms with Crippen molar-refractivity contribution in [1.29, 1.82) is 0 Å². The van der Waals surface area contributed by atoms with Crippen molar-refractivity contribution in [3.63, 3.8) is 0 Å². The summed E-state index contributed by atoms with van der Waals surface area (Å²) in [5.74, 6) is 1.44. The molecule has 1 heterocycles. The molecule has 2 rings (SSSR count). The number of nitrogens with one attached hydrogen (secondary N) is 1. The van der Waals surface area contributed by atoms with E-state index in [1.807, 2.05) is 27.0 Å². The molecule has 0 radical (unpaired) electrons. The smallest absolute Gasteiger partial charge is 0.161 e. The van der Waals surface area contributed by atoms with E-state index < -0.39 is 9.84 Å². The molecular weight excluding hydrogens is 476 g/mol. The van der Waals surface area contributed by atoms with E-state index >= 15 is 0 Å². The first kappa shape index (κ1) is 32.7. The van der Waals surface area contributed by atoms with Gasteiger partial charge in [0.05, 0.1) is 17.5 Å². The number of rotatable bonds is 9. The Labute approximate surface area is 218 Å². The number of benzene rings is 1. The van der Waals surface area contributed by atoms with E-state index in [1.54, 1.807) is 11.8 Å². The van der Waals surface area contributed by atoms with Crippen molar-refractivity contribution in [2.24, 2.45) is 9.98 Å². The standard InChI is InChI=1S/C23H34N4O2S2.C2H6.C2H2/c1-5-21(12-13-24-6-2)19(4)25-23(30-7-3)26-22-10-8-20(9-11-22)18-27-14-16-31(28,29)17-15-27;2*1-2/h5-6,8-11,13,19H,2,7,12,14-18H2,1,3-4H3,(H,25,26);1-2H3;1-2H/b21-5+,24-13?;;. The lowest BCUT2D eigenvalue weighted by Crippen LogP contribution is -2.39. The fraction of sp³-hybridized carbons (Fsp3) is 0.481. The van der Waals surface area contributed by atoms with Crippen molar-refractivity contribution < 1.29 is 8.42 Å². The minimum Gasteiger partial charge on any atom is -0.335 e. The normalized spacial score (nSPS) is 16.9. The molecule has 1 aromatic carbocycles. The second-order valence-electron chi connectivity index (χ2n) is 7.38. The molecule has 1 saturated heterocycles. The van der Waals surface area contributed by atoms with Crippen molar-refractivity contribution in [3.8, 4) is 12.8 Å². The highest BCUT2D eigenvalue weighted by Crippen LogP contribution is 2.18. The summed E-state index contributed by atoms with van der Waals surface area (Å²) in [6, 6.07) is 8.34. The Balaban J connectivity index is 0.00000274. The Morgan fingerprint density at radius 2 is 1.83 bits per heavy atom. The number of thioether (sulfide) groups is 1. The number of amidine groups is 1. The van der Waals surface area contributed by atoms with Crippen molar-refractivity contribution in [3.05, 3.63) is 54.3 Å². The third-order valence-corrected chi connectivity index (χ3v) is 7.46. The molecule has 8 heteroatoms.